The number of carbonyl (C=O) groups excluding carboxylic acids is 3. The minimum Gasteiger partial charge on any atom is -0.456 e. The first-order valence-electron chi connectivity index (χ1n) is 6.89. The summed E-state index contributed by atoms with van der Waals surface area (Å²) in [5, 5.41) is 0. The molecule has 0 aromatic carbocycles. The highest BCUT2D eigenvalue weighted by Gasteiger charge is 2.42. The molecule has 5 nitrogen and oxygen atoms in total. The van der Waals surface area contributed by atoms with Crippen LogP contribution in [-0.4, -0.2) is 46.8 Å². The lowest BCUT2D eigenvalue weighted by Gasteiger charge is -2.23. The molecule has 0 N–H and O–H groups in total. The number of hydrogen-bond donors (Lipinski definition) is 0. The van der Waals surface area contributed by atoms with E-state index in [4.69, 9.17) is 4.74 Å². The molecule has 112 valence electrons. The van der Waals surface area contributed by atoms with Crippen molar-refractivity contribution in [3.8, 4) is 0 Å². The molecule has 6 heteroatoms. The zero-order chi connectivity index (χ0) is 14.9. The summed E-state index contributed by atoms with van der Waals surface area (Å²) in [7, 11) is 0. The Hall–Kier alpha value is -1.04. The Balaban J connectivity index is 1.88. The van der Waals surface area contributed by atoms with Crippen molar-refractivity contribution in [3.05, 3.63) is 0 Å². The molecule has 1 unspecified atom stereocenters. The second-order valence-corrected chi connectivity index (χ2v) is 7.38. The van der Waals surface area contributed by atoms with Crippen LogP contribution in [0.1, 0.15) is 33.6 Å². The van der Waals surface area contributed by atoms with Gasteiger partial charge in [-0.1, -0.05) is 20.8 Å². The van der Waals surface area contributed by atoms with Gasteiger partial charge < -0.3 is 9.64 Å². The van der Waals surface area contributed by atoms with Crippen LogP contribution in [0, 0.1) is 11.3 Å². The number of Topliss-reactive ketones (excluding diaryl/α,β-unsaturated/α-hetero) is 1. The van der Waals surface area contributed by atoms with Crippen LogP contribution >= 0.6 is 11.8 Å². The van der Waals surface area contributed by atoms with Gasteiger partial charge in [-0.25, -0.2) is 4.79 Å². The van der Waals surface area contributed by atoms with Crippen molar-refractivity contribution < 1.29 is 19.1 Å². The zero-order valence-corrected chi connectivity index (χ0v) is 13.0. The molecule has 0 aromatic rings. The summed E-state index contributed by atoms with van der Waals surface area (Å²) in [6.45, 7) is 5.15. The van der Waals surface area contributed by atoms with E-state index in [0.29, 0.717) is 11.6 Å². The largest absolute Gasteiger partial charge is 0.456 e. The minimum atomic E-state index is -0.527. The molecule has 1 aliphatic carbocycles. The standard InChI is InChI=1S/C14H21NO4S/c1-14(2,3)11(16)6-19-13(18)10-7-20-8-15(10)12(17)9-4-5-9/h9-10H,4-8H2,1-3H3. The van der Waals surface area contributed by atoms with Gasteiger partial charge >= 0.3 is 5.97 Å². The highest BCUT2D eigenvalue weighted by molar-refractivity contribution is 7.99. The predicted molar refractivity (Wildman–Crippen MR) is 76.1 cm³/mol. The van der Waals surface area contributed by atoms with E-state index in [-0.39, 0.29) is 24.2 Å². The lowest BCUT2D eigenvalue weighted by molar-refractivity contribution is -0.156. The van der Waals surface area contributed by atoms with Crippen LogP contribution in [-0.2, 0) is 19.1 Å². The number of thioether (sulfide) groups is 1. The van der Waals surface area contributed by atoms with E-state index in [0.717, 1.165) is 12.8 Å². The van der Waals surface area contributed by atoms with Crippen molar-refractivity contribution >= 4 is 29.4 Å². The molecule has 2 aliphatic rings. The van der Waals surface area contributed by atoms with Crippen LogP contribution in [0.2, 0.25) is 0 Å². The summed E-state index contributed by atoms with van der Waals surface area (Å²) in [5.74, 6) is 0.682. The van der Waals surface area contributed by atoms with Gasteiger partial charge in [0.25, 0.3) is 0 Å². The van der Waals surface area contributed by atoms with Gasteiger partial charge in [0.2, 0.25) is 5.91 Å². The lowest BCUT2D eigenvalue weighted by atomic mass is 9.91. The topological polar surface area (TPSA) is 63.7 Å². The van der Waals surface area contributed by atoms with Crippen molar-refractivity contribution in [1.29, 1.82) is 0 Å². The molecule has 1 saturated heterocycles. The minimum absolute atomic E-state index is 0.0547. The van der Waals surface area contributed by atoms with Crippen molar-refractivity contribution in [3.63, 3.8) is 0 Å². The molecule has 0 bridgehead atoms. The zero-order valence-electron chi connectivity index (χ0n) is 12.2. The Labute approximate surface area is 123 Å². The monoisotopic (exact) mass is 299 g/mol. The molecule has 1 atom stereocenters. The Bertz CT molecular complexity index is 425. The number of nitrogens with zero attached hydrogens (tertiary/aromatic N) is 1. The molecular formula is C14H21NO4S. The Morgan fingerprint density at radius 3 is 2.45 bits per heavy atom. The van der Waals surface area contributed by atoms with Gasteiger partial charge in [0, 0.05) is 17.1 Å². The third-order valence-electron chi connectivity index (χ3n) is 3.55. The van der Waals surface area contributed by atoms with E-state index >= 15 is 0 Å². The molecule has 1 saturated carbocycles. The van der Waals surface area contributed by atoms with E-state index in [1.54, 1.807) is 37.4 Å². The molecule has 0 radical (unpaired) electrons. The first-order valence-corrected chi connectivity index (χ1v) is 8.04. The Kier molecular flexibility index (Phi) is 4.42. The van der Waals surface area contributed by atoms with Crippen molar-refractivity contribution in [2.45, 2.75) is 39.7 Å². The predicted octanol–water partition coefficient (Wildman–Crippen LogP) is 1.46. The first-order chi connectivity index (χ1) is 9.30. The molecular weight excluding hydrogens is 278 g/mol. The van der Waals surface area contributed by atoms with Gasteiger partial charge in [-0.15, -0.1) is 11.8 Å². The summed E-state index contributed by atoms with van der Waals surface area (Å²) in [4.78, 5) is 37.5. The Morgan fingerprint density at radius 1 is 1.25 bits per heavy atom. The van der Waals surface area contributed by atoms with Crippen molar-refractivity contribution in [1.82, 2.24) is 4.90 Å². The maximum absolute atomic E-state index is 12.1. The van der Waals surface area contributed by atoms with Crippen molar-refractivity contribution in [2.24, 2.45) is 11.3 Å². The van der Waals surface area contributed by atoms with Crippen LogP contribution < -0.4 is 0 Å². The van der Waals surface area contributed by atoms with E-state index in [1.807, 2.05) is 0 Å². The summed E-state index contributed by atoms with van der Waals surface area (Å²) in [6, 6.07) is -0.527. The average Bonchev–Trinajstić information content (AvgIpc) is 3.10. The number of ketones is 1. The molecule has 1 heterocycles. The molecule has 1 aliphatic heterocycles. The number of rotatable bonds is 4. The second-order valence-electron chi connectivity index (χ2n) is 6.38. The fraction of sp³-hybridized carbons (Fsp3) is 0.786. The molecule has 0 aromatic heterocycles. The summed E-state index contributed by atoms with van der Waals surface area (Å²) < 4.78 is 5.10. The normalized spacial score (nSPS) is 22.8. The second kappa shape index (κ2) is 5.76. The van der Waals surface area contributed by atoms with E-state index in [9.17, 15) is 14.4 Å². The molecule has 20 heavy (non-hydrogen) atoms. The van der Waals surface area contributed by atoms with Gasteiger partial charge in [0.1, 0.15) is 6.04 Å². The maximum atomic E-state index is 12.1. The van der Waals surface area contributed by atoms with Gasteiger partial charge in [-0.2, -0.15) is 0 Å². The maximum Gasteiger partial charge on any atom is 0.330 e. The quantitative estimate of drug-likeness (QED) is 0.735. The third kappa shape index (κ3) is 3.53. The molecule has 2 fully saturated rings. The van der Waals surface area contributed by atoms with Gasteiger partial charge in [-0.05, 0) is 12.8 Å². The smallest absolute Gasteiger partial charge is 0.330 e. The molecule has 0 spiro atoms. The lowest BCUT2D eigenvalue weighted by Crippen LogP contribution is -2.44. The summed E-state index contributed by atoms with van der Waals surface area (Å²) >= 11 is 1.55. The Morgan fingerprint density at radius 2 is 1.90 bits per heavy atom. The van der Waals surface area contributed by atoms with Gasteiger partial charge in [0.05, 0.1) is 5.88 Å². The third-order valence-corrected chi connectivity index (χ3v) is 4.56. The molecule has 2 rings (SSSR count). The number of hydrogen-bond acceptors (Lipinski definition) is 5. The number of ether oxygens (including phenoxy) is 1. The fourth-order valence-corrected chi connectivity index (χ4v) is 3.02. The van der Waals surface area contributed by atoms with Crippen LogP contribution in [0.25, 0.3) is 0 Å². The SMILES string of the molecule is CC(C)(C)C(=O)COC(=O)C1CSCN1C(=O)C1CC1. The van der Waals surface area contributed by atoms with Crippen LogP contribution in [0.5, 0.6) is 0 Å². The van der Waals surface area contributed by atoms with Gasteiger partial charge in [-0.3, -0.25) is 9.59 Å². The van der Waals surface area contributed by atoms with Crippen LogP contribution in [0.4, 0.5) is 0 Å². The van der Waals surface area contributed by atoms with Crippen LogP contribution in [0.3, 0.4) is 0 Å². The molecule has 1 amide bonds. The van der Waals surface area contributed by atoms with E-state index in [2.05, 4.69) is 0 Å². The summed E-state index contributed by atoms with van der Waals surface area (Å²) in [5.41, 5.74) is -0.520. The average molecular weight is 299 g/mol. The number of esters is 1. The fourth-order valence-electron chi connectivity index (χ4n) is 1.87. The van der Waals surface area contributed by atoms with Crippen LogP contribution in [0.15, 0.2) is 0 Å². The highest BCUT2D eigenvalue weighted by Crippen LogP contribution is 2.34. The number of amides is 1. The van der Waals surface area contributed by atoms with Gasteiger partial charge in [0.15, 0.2) is 12.4 Å². The number of carbonyl (C=O) groups is 3. The van der Waals surface area contributed by atoms with E-state index in [1.165, 1.54) is 0 Å². The first kappa shape index (κ1) is 15.4. The summed E-state index contributed by atoms with van der Waals surface area (Å²) in [6.07, 6.45) is 1.84. The van der Waals surface area contributed by atoms with E-state index < -0.39 is 17.4 Å². The van der Waals surface area contributed by atoms with Crippen molar-refractivity contribution in [2.75, 3.05) is 18.2 Å². The highest BCUT2D eigenvalue weighted by atomic mass is 32.2.